The van der Waals surface area contributed by atoms with Gasteiger partial charge in [-0.2, -0.15) is 0 Å². The molecule has 2 rings (SSSR count). The average Bonchev–Trinajstić information content (AvgIpc) is 2.60. The molecule has 1 N–H and O–H groups in total. The molecule has 0 bridgehead atoms. The van der Waals surface area contributed by atoms with Gasteiger partial charge in [-0.25, -0.2) is 9.18 Å². The number of halogens is 1. The summed E-state index contributed by atoms with van der Waals surface area (Å²) in [5, 5.41) is 8.80. The van der Waals surface area contributed by atoms with Gasteiger partial charge in [-0.15, -0.1) is 0 Å². The van der Waals surface area contributed by atoms with E-state index in [1.807, 2.05) is 41.5 Å². The van der Waals surface area contributed by atoms with Crippen LogP contribution in [0.1, 0.15) is 51.9 Å². The van der Waals surface area contributed by atoms with Crippen LogP contribution in [-0.4, -0.2) is 29.4 Å². The summed E-state index contributed by atoms with van der Waals surface area (Å²) < 4.78 is 25.4. The van der Waals surface area contributed by atoms with Crippen LogP contribution in [0.4, 0.5) is 4.39 Å². The third kappa shape index (κ3) is 3.44. The van der Waals surface area contributed by atoms with Gasteiger partial charge in [0.15, 0.2) is 0 Å². The fourth-order valence-corrected chi connectivity index (χ4v) is 1.82. The minimum atomic E-state index is -1.17. The summed E-state index contributed by atoms with van der Waals surface area (Å²) in [5.41, 5.74) is -1.01. The van der Waals surface area contributed by atoms with Gasteiger partial charge in [-0.05, 0) is 39.8 Å². The van der Waals surface area contributed by atoms with Crippen LogP contribution < -0.4 is 5.46 Å². The van der Waals surface area contributed by atoms with E-state index in [1.165, 1.54) is 12.1 Å². The molecular formula is C15H22BFO4. The zero-order valence-electron chi connectivity index (χ0n) is 13.4. The van der Waals surface area contributed by atoms with Gasteiger partial charge in [0, 0.05) is 5.46 Å². The van der Waals surface area contributed by atoms with E-state index in [9.17, 15) is 9.18 Å². The Balaban J connectivity index is 0.00000106. The lowest BCUT2D eigenvalue weighted by Gasteiger charge is -2.32. The summed E-state index contributed by atoms with van der Waals surface area (Å²) in [5.74, 6) is -1.81. The number of hydrogen-bond donors (Lipinski definition) is 1. The van der Waals surface area contributed by atoms with Crippen LogP contribution in [0.15, 0.2) is 18.2 Å². The second-order valence-corrected chi connectivity index (χ2v) is 5.63. The van der Waals surface area contributed by atoms with Gasteiger partial charge < -0.3 is 14.4 Å². The summed E-state index contributed by atoms with van der Waals surface area (Å²) in [6, 6.07) is 3.70. The van der Waals surface area contributed by atoms with Crippen molar-refractivity contribution < 1.29 is 23.6 Å². The molecule has 0 atom stereocenters. The molecule has 6 heteroatoms. The van der Waals surface area contributed by atoms with Crippen molar-refractivity contribution in [3.05, 3.63) is 29.6 Å². The van der Waals surface area contributed by atoms with Crippen molar-refractivity contribution in [2.45, 2.75) is 52.7 Å². The van der Waals surface area contributed by atoms with Gasteiger partial charge in [0.05, 0.1) is 16.8 Å². The van der Waals surface area contributed by atoms with Gasteiger partial charge in [0.25, 0.3) is 0 Å². The van der Waals surface area contributed by atoms with Crippen LogP contribution >= 0.6 is 0 Å². The Bertz CT molecular complexity index is 512. The molecule has 1 heterocycles. The Kier molecular flexibility index (Phi) is 5.18. The molecule has 21 heavy (non-hydrogen) atoms. The van der Waals surface area contributed by atoms with Crippen LogP contribution in [0.25, 0.3) is 0 Å². The number of rotatable bonds is 2. The highest BCUT2D eigenvalue weighted by atomic mass is 19.1. The summed E-state index contributed by atoms with van der Waals surface area (Å²) in [7, 11) is -0.826. The van der Waals surface area contributed by atoms with Crippen LogP contribution in [0.5, 0.6) is 0 Å². The zero-order valence-corrected chi connectivity index (χ0v) is 13.4. The topological polar surface area (TPSA) is 55.8 Å². The quantitative estimate of drug-likeness (QED) is 0.853. The highest BCUT2D eigenvalue weighted by molar-refractivity contribution is 6.62. The van der Waals surface area contributed by atoms with Crippen molar-refractivity contribution in [1.29, 1.82) is 0 Å². The average molecular weight is 296 g/mol. The number of carboxylic acid groups (broad SMARTS) is 1. The fourth-order valence-electron chi connectivity index (χ4n) is 1.82. The molecule has 0 radical (unpaired) electrons. The number of carboxylic acids is 1. The largest absolute Gasteiger partial charge is 0.497 e. The van der Waals surface area contributed by atoms with Gasteiger partial charge >= 0.3 is 13.1 Å². The van der Waals surface area contributed by atoms with Crippen LogP contribution in [0.2, 0.25) is 0 Å². The van der Waals surface area contributed by atoms with E-state index in [-0.39, 0.29) is 11.0 Å². The Morgan fingerprint density at radius 1 is 1.14 bits per heavy atom. The minimum Gasteiger partial charge on any atom is -0.478 e. The monoisotopic (exact) mass is 296 g/mol. The molecule has 0 saturated carbocycles. The molecule has 1 aromatic carbocycles. The van der Waals surface area contributed by atoms with Crippen molar-refractivity contribution in [2.24, 2.45) is 0 Å². The first-order chi connectivity index (χ1) is 9.64. The molecule has 0 spiro atoms. The van der Waals surface area contributed by atoms with Crippen LogP contribution in [0.3, 0.4) is 0 Å². The smallest absolute Gasteiger partial charge is 0.478 e. The third-order valence-corrected chi connectivity index (χ3v) is 3.75. The lowest BCUT2D eigenvalue weighted by Crippen LogP contribution is -2.41. The van der Waals surface area contributed by atoms with Crippen molar-refractivity contribution in [2.75, 3.05) is 0 Å². The molecule has 1 aliphatic heterocycles. The summed E-state index contributed by atoms with van der Waals surface area (Å²) >= 11 is 0. The molecule has 1 saturated heterocycles. The van der Waals surface area contributed by atoms with E-state index in [1.54, 1.807) is 0 Å². The molecule has 1 aliphatic rings. The highest BCUT2D eigenvalue weighted by Gasteiger charge is 2.52. The normalized spacial score (nSPS) is 18.9. The number of hydrogen-bond acceptors (Lipinski definition) is 3. The fraction of sp³-hybridized carbons (Fsp3) is 0.533. The maximum absolute atomic E-state index is 13.9. The molecule has 4 nitrogen and oxygen atoms in total. The Labute approximate surface area is 125 Å². The first kappa shape index (κ1) is 17.7. The van der Waals surface area contributed by atoms with Gasteiger partial charge in [-0.3, -0.25) is 0 Å². The lowest BCUT2D eigenvalue weighted by molar-refractivity contribution is 0.00578. The molecule has 0 amide bonds. The van der Waals surface area contributed by atoms with Crippen molar-refractivity contribution in [3.8, 4) is 0 Å². The number of carbonyl (C=O) groups is 1. The van der Waals surface area contributed by atoms with E-state index >= 15 is 0 Å². The Morgan fingerprint density at radius 3 is 2.00 bits per heavy atom. The van der Waals surface area contributed by atoms with Gasteiger partial charge in [0.1, 0.15) is 5.82 Å². The van der Waals surface area contributed by atoms with Crippen LogP contribution in [0, 0.1) is 5.82 Å². The SMILES string of the molecule is CC.CC1(C)OB(c2ccc(C(=O)O)cc2F)OC1(C)C. The third-order valence-electron chi connectivity index (χ3n) is 3.75. The molecule has 0 aliphatic carbocycles. The van der Waals surface area contributed by atoms with Crippen molar-refractivity contribution in [1.82, 2.24) is 0 Å². The standard InChI is InChI=1S/C13H16BFO4.C2H6/c1-12(2)13(3,4)19-14(18-12)9-6-5-8(11(16)17)7-10(9)15;1-2/h5-7H,1-4H3,(H,16,17);1-2H3. The molecule has 1 fully saturated rings. The van der Waals surface area contributed by atoms with Gasteiger partial charge in [0.2, 0.25) is 0 Å². The van der Waals surface area contributed by atoms with E-state index in [0.717, 1.165) is 6.07 Å². The molecule has 0 aromatic heterocycles. The maximum atomic E-state index is 13.9. The van der Waals surface area contributed by atoms with E-state index in [0.29, 0.717) is 0 Å². The maximum Gasteiger partial charge on any atom is 0.497 e. The van der Waals surface area contributed by atoms with E-state index in [4.69, 9.17) is 14.4 Å². The van der Waals surface area contributed by atoms with Crippen LogP contribution in [-0.2, 0) is 9.31 Å². The molecular weight excluding hydrogens is 274 g/mol. The predicted molar refractivity (Wildman–Crippen MR) is 80.4 cm³/mol. The summed E-state index contributed by atoms with van der Waals surface area (Å²) in [6.45, 7) is 11.5. The number of aromatic carboxylic acids is 1. The summed E-state index contributed by atoms with van der Waals surface area (Å²) in [4.78, 5) is 10.8. The molecule has 1 aromatic rings. The Hall–Kier alpha value is -1.40. The molecule has 116 valence electrons. The van der Waals surface area contributed by atoms with Crippen molar-refractivity contribution in [3.63, 3.8) is 0 Å². The highest BCUT2D eigenvalue weighted by Crippen LogP contribution is 2.36. The van der Waals surface area contributed by atoms with Gasteiger partial charge in [-0.1, -0.05) is 19.9 Å². The Morgan fingerprint density at radius 2 is 1.62 bits per heavy atom. The first-order valence-corrected chi connectivity index (χ1v) is 7.02. The summed E-state index contributed by atoms with van der Waals surface area (Å²) in [6.07, 6.45) is 0. The second kappa shape index (κ2) is 6.16. The lowest BCUT2D eigenvalue weighted by atomic mass is 9.78. The van der Waals surface area contributed by atoms with E-state index < -0.39 is 30.1 Å². The predicted octanol–water partition coefficient (Wildman–Crippen LogP) is 2.85. The minimum absolute atomic E-state index is 0.0993. The number of benzene rings is 1. The van der Waals surface area contributed by atoms with E-state index in [2.05, 4.69) is 0 Å². The molecule has 0 unspecified atom stereocenters. The first-order valence-electron chi connectivity index (χ1n) is 7.02. The zero-order chi connectivity index (χ0) is 16.4. The van der Waals surface area contributed by atoms with Crippen molar-refractivity contribution >= 4 is 18.6 Å². The second-order valence-electron chi connectivity index (χ2n) is 5.63.